The number of nitrogens with zero attached hydrogens (tertiary/aromatic N) is 1. The molecule has 0 N–H and O–H groups in total. The lowest BCUT2D eigenvalue weighted by Crippen LogP contribution is -2.33. The van der Waals surface area contributed by atoms with Crippen molar-refractivity contribution in [1.82, 2.24) is 0 Å². The molecule has 0 bridgehead atoms. The van der Waals surface area contributed by atoms with Gasteiger partial charge in [0.05, 0.1) is 48.2 Å². The summed E-state index contributed by atoms with van der Waals surface area (Å²) < 4.78 is 21.1. The van der Waals surface area contributed by atoms with Crippen molar-refractivity contribution in [2.24, 2.45) is 0 Å². The first-order chi connectivity index (χ1) is 15.4. The van der Waals surface area contributed by atoms with E-state index in [1.807, 2.05) is 6.92 Å². The van der Waals surface area contributed by atoms with Crippen molar-refractivity contribution in [1.29, 1.82) is 0 Å². The minimum absolute atomic E-state index is 0.0462. The molecule has 2 heterocycles. The zero-order valence-electron chi connectivity index (χ0n) is 17.7. The van der Waals surface area contributed by atoms with Crippen LogP contribution in [0.25, 0.3) is 11.0 Å². The highest BCUT2D eigenvalue weighted by Crippen LogP contribution is 2.41. The Labute approximate surface area is 188 Å². The Morgan fingerprint density at radius 2 is 1.88 bits per heavy atom. The summed E-state index contributed by atoms with van der Waals surface area (Å²) >= 11 is 6.47. The van der Waals surface area contributed by atoms with Gasteiger partial charge in [-0.05, 0) is 36.2 Å². The molecule has 2 aromatic carbocycles. The molecular formula is C23H20ClNO7. The van der Waals surface area contributed by atoms with Gasteiger partial charge in [-0.2, -0.15) is 0 Å². The van der Waals surface area contributed by atoms with Crippen molar-refractivity contribution in [3.8, 4) is 5.75 Å². The van der Waals surface area contributed by atoms with Crippen molar-refractivity contribution < 1.29 is 28.2 Å². The number of fused-ring (bicyclic) bond motifs is 3. The van der Waals surface area contributed by atoms with Gasteiger partial charge in [0.15, 0.2) is 6.73 Å². The lowest BCUT2D eigenvalue weighted by molar-refractivity contribution is 0.0587. The highest BCUT2D eigenvalue weighted by molar-refractivity contribution is 6.33. The molecule has 0 unspecified atom stereocenters. The molecule has 166 valence electrons. The molecule has 3 aromatic rings. The van der Waals surface area contributed by atoms with Crippen molar-refractivity contribution >= 4 is 40.2 Å². The smallest absolute Gasteiger partial charge is 0.339 e. The maximum atomic E-state index is 12.4. The van der Waals surface area contributed by atoms with E-state index >= 15 is 0 Å². The fourth-order valence-corrected chi connectivity index (χ4v) is 4.10. The predicted molar refractivity (Wildman–Crippen MR) is 118 cm³/mol. The Bertz CT molecular complexity index is 1300. The van der Waals surface area contributed by atoms with Gasteiger partial charge in [-0.1, -0.05) is 18.5 Å². The minimum Gasteiger partial charge on any atom is -0.471 e. The Balaban J connectivity index is 1.88. The average molecular weight is 458 g/mol. The summed E-state index contributed by atoms with van der Waals surface area (Å²) in [5.74, 6) is -0.707. The van der Waals surface area contributed by atoms with Crippen LogP contribution in [0.15, 0.2) is 39.5 Å². The monoisotopic (exact) mass is 457 g/mol. The third kappa shape index (κ3) is 3.67. The van der Waals surface area contributed by atoms with Crippen molar-refractivity contribution in [2.45, 2.75) is 19.9 Å². The Hall–Kier alpha value is -3.52. The zero-order valence-corrected chi connectivity index (χ0v) is 18.4. The molecule has 9 heteroatoms. The van der Waals surface area contributed by atoms with E-state index in [1.165, 1.54) is 38.5 Å². The number of carbonyl (C=O) groups is 2. The first kappa shape index (κ1) is 21.7. The van der Waals surface area contributed by atoms with Crippen LogP contribution in [0.2, 0.25) is 5.02 Å². The van der Waals surface area contributed by atoms with Gasteiger partial charge in [0.25, 0.3) is 0 Å². The van der Waals surface area contributed by atoms with Gasteiger partial charge < -0.3 is 23.5 Å². The summed E-state index contributed by atoms with van der Waals surface area (Å²) in [5.41, 5.74) is 2.20. The Morgan fingerprint density at radius 1 is 1.12 bits per heavy atom. The number of hydrogen-bond acceptors (Lipinski definition) is 8. The molecule has 0 atom stereocenters. The molecule has 0 aliphatic carbocycles. The molecular weight excluding hydrogens is 438 g/mol. The van der Waals surface area contributed by atoms with Crippen LogP contribution in [0.5, 0.6) is 5.75 Å². The molecule has 32 heavy (non-hydrogen) atoms. The minimum atomic E-state index is -0.571. The van der Waals surface area contributed by atoms with E-state index in [2.05, 4.69) is 0 Å². The van der Waals surface area contributed by atoms with Gasteiger partial charge in [-0.25, -0.2) is 14.4 Å². The molecule has 0 radical (unpaired) electrons. The molecule has 0 saturated heterocycles. The predicted octanol–water partition coefficient (Wildman–Crippen LogP) is 3.94. The van der Waals surface area contributed by atoms with Gasteiger partial charge in [-0.15, -0.1) is 0 Å². The Kier molecular flexibility index (Phi) is 5.80. The standard InChI is InChI=1S/C23H20ClNO7/c1-4-12-8-19(26)32-20-15(12)9-17(24)21-16(20)10-25(11-31-21)18-7-13(22(27)29-2)5-6-14(18)23(28)30-3/h5-9H,4,10-11H2,1-3H3. The van der Waals surface area contributed by atoms with E-state index in [0.29, 0.717) is 34.0 Å². The topological polar surface area (TPSA) is 95.3 Å². The largest absolute Gasteiger partial charge is 0.471 e. The van der Waals surface area contributed by atoms with Crippen LogP contribution in [0, 0.1) is 0 Å². The summed E-state index contributed by atoms with van der Waals surface area (Å²) in [4.78, 5) is 38.3. The number of esters is 2. The van der Waals surface area contributed by atoms with Crippen molar-refractivity contribution in [3.05, 3.63) is 68.0 Å². The average Bonchev–Trinajstić information content (AvgIpc) is 2.82. The molecule has 0 amide bonds. The van der Waals surface area contributed by atoms with Crippen molar-refractivity contribution in [3.63, 3.8) is 0 Å². The molecule has 0 saturated carbocycles. The summed E-state index contributed by atoms with van der Waals surface area (Å²) in [6, 6.07) is 7.69. The number of ether oxygens (including phenoxy) is 3. The van der Waals surface area contributed by atoms with E-state index in [1.54, 1.807) is 11.0 Å². The van der Waals surface area contributed by atoms with Crippen LogP contribution in [0.4, 0.5) is 5.69 Å². The Morgan fingerprint density at radius 3 is 2.56 bits per heavy atom. The van der Waals surface area contributed by atoms with E-state index in [-0.39, 0.29) is 24.4 Å². The van der Waals surface area contributed by atoms with Crippen LogP contribution in [-0.2, 0) is 22.4 Å². The SMILES string of the molecule is CCc1cc(=O)oc2c3c(c(Cl)cc12)OCN(c1cc(C(=O)OC)ccc1C(=O)OC)C3. The third-order valence-electron chi connectivity index (χ3n) is 5.38. The number of anilines is 1. The number of hydrogen-bond donors (Lipinski definition) is 0. The number of carbonyl (C=O) groups excluding carboxylic acids is 2. The van der Waals surface area contributed by atoms with Gasteiger partial charge in [0.2, 0.25) is 0 Å². The molecule has 8 nitrogen and oxygen atoms in total. The van der Waals surface area contributed by atoms with Gasteiger partial charge in [-0.3, -0.25) is 0 Å². The van der Waals surface area contributed by atoms with Crippen LogP contribution >= 0.6 is 11.6 Å². The lowest BCUT2D eigenvalue weighted by Gasteiger charge is -2.32. The third-order valence-corrected chi connectivity index (χ3v) is 5.66. The first-order valence-electron chi connectivity index (χ1n) is 9.84. The summed E-state index contributed by atoms with van der Waals surface area (Å²) in [5, 5.41) is 1.12. The lowest BCUT2D eigenvalue weighted by atomic mass is 10.0. The second-order valence-electron chi connectivity index (χ2n) is 7.17. The number of halogens is 1. The highest BCUT2D eigenvalue weighted by Gasteiger charge is 2.28. The molecule has 0 fully saturated rings. The number of benzene rings is 2. The second kappa shape index (κ2) is 8.55. The highest BCUT2D eigenvalue weighted by atomic mass is 35.5. The molecule has 1 aliphatic heterocycles. The van der Waals surface area contributed by atoms with E-state index < -0.39 is 17.6 Å². The van der Waals surface area contributed by atoms with Crippen LogP contribution in [0.3, 0.4) is 0 Å². The number of methoxy groups -OCH3 is 2. The van der Waals surface area contributed by atoms with Crippen LogP contribution in [0.1, 0.15) is 38.8 Å². The summed E-state index contributed by atoms with van der Waals surface area (Å²) in [6.07, 6.45) is 0.620. The molecule has 0 spiro atoms. The van der Waals surface area contributed by atoms with Gasteiger partial charge in [0.1, 0.15) is 11.3 Å². The quantitative estimate of drug-likeness (QED) is 0.429. The van der Waals surface area contributed by atoms with Crippen LogP contribution in [-0.4, -0.2) is 32.9 Å². The van der Waals surface area contributed by atoms with Crippen LogP contribution < -0.4 is 15.3 Å². The second-order valence-corrected chi connectivity index (χ2v) is 7.58. The van der Waals surface area contributed by atoms with Gasteiger partial charge in [0, 0.05) is 11.5 Å². The van der Waals surface area contributed by atoms with E-state index in [0.717, 1.165) is 10.9 Å². The summed E-state index contributed by atoms with van der Waals surface area (Å²) in [7, 11) is 2.55. The summed E-state index contributed by atoms with van der Waals surface area (Å²) in [6.45, 7) is 2.20. The maximum Gasteiger partial charge on any atom is 0.339 e. The number of rotatable bonds is 4. The first-order valence-corrected chi connectivity index (χ1v) is 10.2. The molecule has 4 rings (SSSR count). The fraction of sp³-hybridized carbons (Fsp3) is 0.261. The van der Waals surface area contributed by atoms with E-state index in [4.69, 9.17) is 30.2 Å². The number of aryl methyl sites for hydroxylation is 1. The maximum absolute atomic E-state index is 12.4. The van der Waals surface area contributed by atoms with Gasteiger partial charge >= 0.3 is 17.6 Å². The van der Waals surface area contributed by atoms with E-state index in [9.17, 15) is 14.4 Å². The normalized spacial score (nSPS) is 12.8. The fourth-order valence-electron chi connectivity index (χ4n) is 3.82. The zero-order chi connectivity index (χ0) is 23.0. The molecule has 1 aliphatic rings. The van der Waals surface area contributed by atoms with Crippen molar-refractivity contribution in [2.75, 3.05) is 25.9 Å². The molecule has 1 aromatic heterocycles.